The fourth-order valence-electron chi connectivity index (χ4n) is 4.19. The molecule has 7 heteroatoms. The van der Waals surface area contributed by atoms with Crippen LogP contribution in [0.1, 0.15) is 28.8 Å². The molecule has 0 radical (unpaired) electrons. The Morgan fingerprint density at radius 2 is 1.72 bits per heavy atom. The lowest BCUT2D eigenvalue weighted by atomic mass is 9.96. The number of halogens is 1. The summed E-state index contributed by atoms with van der Waals surface area (Å²) in [6.07, 6.45) is 1.14. The highest BCUT2D eigenvalue weighted by atomic mass is 35.5. The van der Waals surface area contributed by atoms with Crippen molar-refractivity contribution in [1.29, 1.82) is 0 Å². The topological polar surface area (TPSA) is 70.1 Å². The van der Waals surface area contributed by atoms with Crippen molar-refractivity contribution in [3.63, 3.8) is 0 Å². The second-order valence-electron chi connectivity index (χ2n) is 7.56. The molecule has 2 aliphatic rings. The van der Waals surface area contributed by atoms with Crippen LogP contribution in [-0.2, 0) is 16.1 Å². The van der Waals surface area contributed by atoms with Crippen LogP contribution in [0.15, 0.2) is 54.6 Å². The molecule has 6 nitrogen and oxygen atoms in total. The molecule has 0 saturated carbocycles. The number of likely N-dealkylation sites (tertiary alicyclic amines) is 1. The van der Waals surface area contributed by atoms with Crippen molar-refractivity contribution in [2.24, 2.45) is 0 Å². The van der Waals surface area contributed by atoms with E-state index in [0.717, 1.165) is 19.6 Å². The monoisotopic (exact) mass is 414 g/mol. The molecule has 2 fully saturated rings. The average Bonchev–Trinajstić information content (AvgIpc) is 3.10. The zero-order chi connectivity index (χ0) is 20.4. The van der Waals surface area contributed by atoms with Crippen LogP contribution in [0.2, 0.25) is 5.02 Å². The van der Waals surface area contributed by atoms with E-state index in [4.69, 9.17) is 16.3 Å². The van der Waals surface area contributed by atoms with Crippen molar-refractivity contribution in [2.45, 2.75) is 31.2 Å². The normalized spacial score (nSPS) is 21.4. The molecule has 1 spiro atoms. The lowest BCUT2D eigenvalue weighted by Crippen LogP contribution is -2.58. The molecule has 152 valence electrons. The van der Waals surface area contributed by atoms with Crippen LogP contribution in [-0.4, -0.2) is 58.2 Å². The molecule has 0 bridgehead atoms. The van der Waals surface area contributed by atoms with Gasteiger partial charge in [-0.25, -0.2) is 4.79 Å². The molecule has 4 rings (SSSR count). The second kappa shape index (κ2) is 8.14. The number of ether oxygens (including phenoxy) is 1. The Hall–Kier alpha value is -2.41. The van der Waals surface area contributed by atoms with Crippen LogP contribution >= 0.6 is 11.6 Å². The van der Waals surface area contributed by atoms with Crippen molar-refractivity contribution in [1.82, 2.24) is 9.80 Å². The first kappa shape index (κ1) is 19.9. The van der Waals surface area contributed by atoms with Gasteiger partial charge in [0.2, 0.25) is 0 Å². The number of nitrogens with zero attached hydrogens (tertiary/aromatic N) is 2. The zero-order valence-electron chi connectivity index (χ0n) is 16.0. The lowest BCUT2D eigenvalue weighted by Gasteiger charge is -2.44. The third-order valence-electron chi connectivity index (χ3n) is 5.74. The van der Waals surface area contributed by atoms with Crippen molar-refractivity contribution in [2.75, 3.05) is 19.7 Å². The molecular formula is C22H23ClN2O4. The third kappa shape index (κ3) is 4.01. The number of carbonyl (C=O) groups excluding carboxylic acids is 1. The average molecular weight is 415 g/mol. The number of aliphatic carboxylic acids is 1. The maximum absolute atomic E-state index is 13.2. The van der Waals surface area contributed by atoms with E-state index < -0.39 is 17.7 Å². The van der Waals surface area contributed by atoms with Gasteiger partial charge in [-0.3, -0.25) is 14.6 Å². The van der Waals surface area contributed by atoms with E-state index in [1.807, 2.05) is 18.2 Å². The molecule has 29 heavy (non-hydrogen) atoms. The van der Waals surface area contributed by atoms with Crippen LogP contribution in [0.25, 0.3) is 0 Å². The molecule has 1 atom stereocenters. The van der Waals surface area contributed by atoms with Crippen molar-refractivity contribution in [3.8, 4) is 0 Å². The Kier molecular flexibility index (Phi) is 5.58. The molecule has 1 amide bonds. The smallest absolute Gasteiger partial charge is 0.328 e. The van der Waals surface area contributed by atoms with Crippen LogP contribution in [0.4, 0.5) is 0 Å². The highest BCUT2D eigenvalue weighted by molar-refractivity contribution is 6.30. The van der Waals surface area contributed by atoms with E-state index in [2.05, 4.69) is 17.0 Å². The largest absolute Gasteiger partial charge is 0.480 e. The summed E-state index contributed by atoms with van der Waals surface area (Å²) in [5.74, 6) is -1.38. The fraction of sp³-hybridized carbons (Fsp3) is 0.364. The molecule has 0 aromatic heterocycles. The number of carboxylic acids is 1. The molecule has 2 heterocycles. The number of carboxylic acid groups (broad SMARTS) is 1. The minimum absolute atomic E-state index is 0.00729. The van der Waals surface area contributed by atoms with Crippen molar-refractivity contribution in [3.05, 3.63) is 70.7 Å². The quantitative estimate of drug-likeness (QED) is 0.831. The summed E-state index contributed by atoms with van der Waals surface area (Å²) in [5.41, 5.74) is 0.762. The van der Waals surface area contributed by atoms with Gasteiger partial charge in [0, 0.05) is 43.1 Å². The van der Waals surface area contributed by atoms with Gasteiger partial charge in [-0.1, -0.05) is 41.9 Å². The number of amides is 1. The van der Waals surface area contributed by atoms with Gasteiger partial charge in [-0.15, -0.1) is 0 Å². The number of hydrogen-bond acceptors (Lipinski definition) is 4. The molecule has 0 aliphatic carbocycles. The molecule has 2 aromatic rings. The summed E-state index contributed by atoms with van der Waals surface area (Å²) in [6, 6.07) is 15.7. The van der Waals surface area contributed by atoms with E-state index in [1.54, 1.807) is 24.3 Å². The summed E-state index contributed by atoms with van der Waals surface area (Å²) >= 11 is 5.93. The van der Waals surface area contributed by atoms with Crippen LogP contribution in [0, 0.1) is 0 Å². The number of benzene rings is 2. The van der Waals surface area contributed by atoms with Crippen LogP contribution in [0.3, 0.4) is 0 Å². The maximum Gasteiger partial charge on any atom is 0.328 e. The first-order chi connectivity index (χ1) is 14.0. The van der Waals surface area contributed by atoms with Crippen LogP contribution in [0.5, 0.6) is 0 Å². The van der Waals surface area contributed by atoms with Crippen molar-refractivity contribution >= 4 is 23.5 Å². The third-order valence-corrected chi connectivity index (χ3v) is 5.99. The second-order valence-corrected chi connectivity index (χ2v) is 7.99. The Bertz CT molecular complexity index is 879. The summed E-state index contributed by atoms with van der Waals surface area (Å²) in [6.45, 7) is 2.29. The van der Waals surface area contributed by atoms with Crippen LogP contribution < -0.4 is 0 Å². The minimum atomic E-state index is -1.05. The molecule has 0 unspecified atom stereocenters. The first-order valence-corrected chi connectivity index (χ1v) is 10.1. The summed E-state index contributed by atoms with van der Waals surface area (Å²) in [7, 11) is 0. The molecule has 1 N–H and O–H groups in total. The SMILES string of the molecule is O=C(O)[C@@H]1COC2(CCN(Cc3ccccc3)CC2)N1C(=O)c1ccc(Cl)cc1. The first-order valence-electron chi connectivity index (χ1n) is 9.71. The number of hydrogen-bond donors (Lipinski definition) is 1. The lowest BCUT2D eigenvalue weighted by molar-refractivity contribution is -0.144. The Morgan fingerprint density at radius 1 is 1.07 bits per heavy atom. The zero-order valence-corrected chi connectivity index (χ0v) is 16.7. The van der Waals surface area contributed by atoms with E-state index in [1.165, 1.54) is 10.5 Å². The minimum Gasteiger partial charge on any atom is -0.480 e. The number of carbonyl (C=O) groups is 2. The van der Waals surface area contributed by atoms with Gasteiger partial charge in [0.1, 0.15) is 5.72 Å². The van der Waals surface area contributed by atoms with Gasteiger partial charge in [0.05, 0.1) is 6.61 Å². The summed E-state index contributed by atoms with van der Waals surface area (Å²) in [4.78, 5) is 28.8. The summed E-state index contributed by atoms with van der Waals surface area (Å²) < 4.78 is 6.00. The standard InChI is InChI=1S/C22H23ClN2O4/c23-18-8-6-17(7-9-18)20(26)25-19(21(27)28)15-29-22(25)10-12-24(13-11-22)14-16-4-2-1-3-5-16/h1-9,19H,10-15H2,(H,27,28)/t19-/m0/s1. The number of rotatable bonds is 4. The van der Waals surface area contributed by atoms with Gasteiger partial charge in [-0.05, 0) is 29.8 Å². The highest BCUT2D eigenvalue weighted by Gasteiger charge is 2.54. The van der Waals surface area contributed by atoms with Gasteiger partial charge >= 0.3 is 5.97 Å². The maximum atomic E-state index is 13.2. The molecule has 2 aliphatic heterocycles. The predicted molar refractivity (Wildman–Crippen MR) is 109 cm³/mol. The van der Waals surface area contributed by atoms with Gasteiger partial charge in [0.15, 0.2) is 6.04 Å². The number of piperidine rings is 1. The molecular weight excluding hydrogens is 392 g/mol. The van der Waals surface area contributed by atoms with Crippen molar-refractivity contribution < 1.29 is 19.4 Å². The predicted octanol–water partition coefficient (Wildman–Crippen LogP) is 3.26. The summed E-state index contributed by atoms with van der Waals surface area (Å²) in [5, 5.41) is 10.2. The van der Waals surface area contributed by atoms with E-state index in [-0.39, 0.29) is 12.5 Å². The van der Waals surface area contributed by atoms with E-state index in [9.17, 15) is 14.7 Å². The Balaban J connectivity index is 1.53. The molecule has 2 aromatic carbocycles. The van der Waals surface area contributed by atoms with Gasteiger partial charge < -0.3 is 9.84 Å². The van der Waals surface area contributed by atoms with E-state index in [0.29, 0.717) is 23.4 Å². The Morgan fingerprint density at radius 3 is 2.34 bits per heavy atom. The molecule has 2 saturated heterocycles. The van der Waals surface area contributed by atoms with E-state index >= 15 is 0 Å². The van der Waals surface area contributed by atoms with Gasteiger partial charge in [-0.2, -0.15) is 0 Å². The van der Waals surface area contributed by atoms with Gasteiger partial charge in [0.25, 0.3) is 5.91 Å². The highest BCUT2D eigenvalue weighted by Crippen LogP contribution is 2.38. The Labute approximate surface area is 174 Å². The fourth-order valence-corrected chi connectivity index (χ4v) is 4.32.